The van der Waals surface area contributed by atoms with E-state index >= 15 is 0 Å². The second-order valence-electron chi connectivity index (χ2n) is 9.36. The molecule has 248 valence electrons. The number of carbonyl (C=O) groups is 2. The van der Waals surface area contributed by atoms with Crippen molar-refractivity contribution in [1.82, 2.24) is 9.78 Å². The summed E-state index contributed by atoms with van der Waals surface area (Å²) in [6.07, 6.45) is 6.67. The summed E-state index contributed by atoms with van der Waals surface area (Å²) >= 11 is 0. The van der Waals surface area contributed by atoms with E-state index < -0.39 is 61.9 Å². The van der Waals surface area contributed by atoms with Gasteiger partial charge in [-0.25, -0.2) is 9.48 Å². The van der Waals surface area contributed by atoms with Crippen molar-refractivity contribution in [3.8, 4) is 11.6 Å². The fourth-order valence-corrected chi connectivity index (χ4v) is 4.70. The van der Waals surface area contributed by atoms with Crippen molar-refractivity contribution in [3.63, 3.8) is 0 Å². The lowest BCUT2D eigenvalue weighted by Gasteiger charge is -2.12. The molecular formula is C27H26N6O12S2. The van der Waals surface area contributed by atoms with Gasteiger partial charge in [0, 0.05) is 11.4 Å². The third-order valence-electron chi connectivity index (χ3n) is 6.08. The predicted molar refractivity (Wildman–Crippen MR) is 169 cm³/mol. The summed E-state index contributed by atoms with van der Waals surface area (Å²) in [5, 5.41) is 31.3. The number of amides is 1. The number of carbonyl (C=O) groups excluding carboxylic acids is 1. The normalized spacial score (nSPS) is 14.7. The Morgan fingerprint density at radius 1 is 0.872 bits per heavy atom. The quantitative estimate of drug-likeness (QED) is 0.0538. The van der Waals surface area contributed by atoms with Crippen LogP contribution in [-0.4, -0.2) is 82.1 Å². The van der Waals surface area contributed by atoms with Crippen molar-refractivity contribution < 1.29 is 50.5 Å². The zero-order chi connectivity index (χ0) is 34.4. The molecule has 2 heterocycles. The predicted octanol–water partition coefficient (Wildman–Crippen LogP) is 0.992. The average molecular weight is 691 g/mol. The molecule has 4 rings (SSSR count). The maximum Gasteiger partial charge on any atom is 0.357 e. The number of carboxylic acids is 1. The van der Waals surface area contributed by atoms with Gasteiger partial charge in [0.05, 0.1) is 16.9 Å². The molecule has 47 heavy (non-hydrogen) atoms. The Morgan fingerprint density at radius 3 is 1.94 bits per heavy atom. The fraction of sp³-hybridized carbons (Fsp3) is 0.111. The molecule has 1 aliphatic heterocycles. The molecule has 0 unspecified atom stereocenters. The number of aliphatic hydroxyl groups is 1. The van der Waals surface area contributed by atoms with E-state index in [1.165, 1.54) is 78.9 Å². The first-order valence-electron chi connectivity index (χ1n) is 13.1. The Kier molecular flexibility index (Phi) is 10.4. The van der Waals surface area contributed by atoms with E-state index in [4.69, 9.17) is 13.8 Å². The summed E-state index contributed by atoms with van der Waals surface area (Å²) in [6, 6.07) is 11.5. The number of carboxylic acid groups (broad SMARTS) is 1. The van der Waals surface area contributed by atoms with Crippen LogP contribution in [0.3, 0.4) is 0 Å². The summed E-state index contributed by atoms with van der Waals surface area (Å²) in [6.45, 7) is -0.763. The van der Waals surface area contributed by atoms with Gasteiger partial charge in [-0.05, 0) is 60.7 Å². The molecule has 3 aromatic rings. The van der Waals surface area contributed by atoms with Gasteiger partial charge in [0.1, 0.15) is 17.3 Å². The number of ether oxygens (including phenoxy) is 1. The van der Waals surface area contributed by atoms with Gasteiger partial charge in [0.15, 0.2) is 12.5 Å². The number of hydrazone groups is 1. The molecule has 0 bridgehead atoms. The summed E-state index contributed by atoms with van der Waals surface area (Å²) < 4.78 is 67.6. The van der Waals surface area contributed by atoms with Crippen molar-refractivity contribution in [2.75, 3.05) is 34.2 Å². The second-order valence-corrected chi connectivity index (χ2v) is 12.3. The lowest BCUT2D eigenvalue weighted by molar-refractivity contribution is -0.129. The van der Waals surface area contributed by atoms with Gasteiger partial charge in [-0.15, -0.1) is 0 Å². The molecule has 0 saturated heterocycles. The summed E-state index contributed by atoms with van der Waals surface area (Å²) in [4.78, 5) is 37.9. The number of aromatic nitrogens is 2. The highest BCUT2D eigenvalue weighted by molar-refractivity contribution is 7.86. The van der Waals surface area contributed by atoms with Crippen molar-refractivity contribution >= 4 is 61.0 Å². The van der Waals surface area contributed by atoms with Gasteiger partial charge in [0.2, 0.25) is 5.88 Å². The van der Waals surface area contributed by atoms with Crippen LogP contribution in [0.25, 0.3) is 11.8 Å². The Labute approximate surface area is 266 Å². The number of rotatable bonds is 14. The van der Waals surface area contributed by atoms with E-state index in [-0.39, 0.29) is 22.7 Å². The summed E-state index contributed by atoms with van der Waals surface area (Å²) in [5.74, 6) is -3.77. The molecule has 20 heteroatoms. The van der Waals surface area contributed by atoms with Gasteiger partial charge in [-0.2, -0.15) is 26.9 Å². The lowest BCUT2D eigenvalue weighted by Crippen LogP contribution is -2.22. The lowest BCUT2D eigenvalue weighted by atomic mass is 10.1. The third kappa shape index (κ3) is 9.02. The number of hydrogen-bond donors (Lipinski definition) is 7. The Balaban J connectivity index is 1.50. The topological polar surface area (TPSA) is 270 Å². The van der Waals surface area contributed by atoms with Crippen molar-refractivity contribution in [3.05, 3.63) is 94.3 Å². The van der Waals surface area contributed by atoms with Crippen LogP contribution in [0, 0.1) is 0 Å². The number of hydrogen-bond acceptors (Lipinski definition) is 12. The Hall–Kier alpha value is -5.54. The second kappa shape index (κ2) is 14.3. The first-order valence-corrected chi connectivity index (χ1v) is 16.3. The van der Waals surface area contributed by atoms with Gasteiger partial charge in [-0.1, -0.05) is 18.2 Å². The molecule has 1 aromatic heterocycles. The minimum atomic E-state index is -4.27. The number of allylic oxidation sites excluding steroid dienone is 4. The van der Waals surface area contributed by atoms with Crippen molar-refractivity contribution in [2.45, 2.75) is 0 Å². The monoisotopic (exact) mass is 690 g/mol. The first-order chi connectivity index (χ1) is 22.2. The first kappa shape index (κ1) is 34.3. The van der Waals surface area contributed by atoms with Crippen molar-refractivity contribution in [2.24, 2.45) is 5.10 Å². The third-order valence-corrected chi connectivity index (χ3v) is 7.10. The zero-order valence-electron chi connectivity index (χ0n) is 23.8. The van der Waals surface area contributed by atoms with E-state index in [1.807, 2.05) is 0 Å². The number of H-pyrrole nitrogens is 1. The fourth-order valence-electron chi connectivity index (χ4n) is 4.00. The van der Waals surface area contributed by atoms with E-state index in [1.54, 1.807) is 0 Å². The SMILES string of the molecule is O=C(O)C1=NN(c2ccc(NCS(=O)(=O)O)cc2)C(=O)C1=CC=CC=Cc1c(OCO)[nH]n(-c2ccc(NCS(=O)(=O)O)cc2)c1=O. The van der Waals surface area contributed by atoms with E-state index in [0.717, 1.165) is 9.69 Å². The van der Waals surface area contributed by atoms with Crippen LogP contribution in [-0.2, 0) is 29.8 Å². The molecule has 0 fully saturated rings. The largest absolute Gasteiger partial charge is 0.476 e. The highest BCUT2D eigenvalue weighted by Crippen LogP contribution is 2.25. The van der Waals surface area contributed by atoms with Crippen LogP contribution in [0.15, 0.2) is 88.3 Å². The number of aromatic amines is 1. The van der Waals surface area contributed by atoms with Gasteiger partial charge in [-0.3, -0.25) is 23.8 Å². The molecule has 7 N–H and O–H groups in total. The van der Waals surface area contributed by atoms with Gasteiger partial charge < -0.3 is 25.6 Å². The molecule has 2 aromatic carbocycles. The molecule has 1 aliphatic rings. The zero-order valence-corrected chi connectivity index (χ0v) is 25.5. The van der Waals surface area contributed by atoms with Crippen LogP contribution in [0.1, 0.15) is 5.56 Å². The number of aliphatic carboxylic acids is 1. The standard InChI is InChI=1S/C27H26N6O12S2/c34-16-45-24-22(26(36)33(31-24)20-12-8-18(9-13-20)29-15-47(42,43)44)5-3-1-2-4-21-23(27(37)38)30-32(25(21)35)19-10-6-17(7-11-19)28-14-46(39,40)41/h1-13,28-29,31,34H,14-16H2,(H,37,38)(H,39,40,41)(H,42,43,44). The van der Waals surface area contributed by atoms with Gasteiger partial charge >= 0.3 is 5.97 Å². The van der Waals surface area contributed by atoms with Crippen LogP contribution >= 0.6 is 0 Å². The molecule has 0 saturated carbocycles. The maximum atomic E-state index is 13.1. The number of benzene rings is 2. The molecule has 0 radical (unpaired) electrons. The summed E-state index contributed by atoms with van der Waals surface area (Å²) in [5.41, 5.74) is -0.224. The van der Waals surface area contributed by atoms with Crippen molar-refractivity contribution in [1.29, 1.82) is 0 Å². The van der Waals surface area contributed by atoms with Gasteiger partial charge in [0.25, 0.3) is 31.7 Å². The average Bonchev–Trinajstić information content (AvgIpc) is 3.50. The molecule has 18 nitrogen and oxygen atoms in total. The minimum Gasteiger partial charge on any atom is -0.476 e. The van der Waals surface area contributed by atoms with E-state index in [9.17, 15) is 41.4 Å². The van der Waals surface area contributed by atoms with Crippen LogP contribution < -0.4 is 25.9 Å². The van der Waals surface area contributed by atoms with Crippen LogP contribution in [0.4, 0.5) is 17.1 Å². The minimum absolute atomic E-state index is 0.00430. The van der Waals surface area contributed by atoms with E-state index in [2.05, 4.69) is 20.8 Å². The van der Waals surface area contributed by atoms with Crippen LogP contribution in [0.2, 0.25) is 0 Å². The number of nitrogens with one attached hydrogen (secondary N) is 3. The smallest absolute Gasteiger partial charge is 0.357 e. The molecule has 0 aliphatic carbocycles. The highest BCUT2D eigenvalue weighted by Gasteiger charge is 2.34. The number of aliphatic hydroxyl groups excluding tert-OH is 1. The number of nitrogens with zero attached hydrogens (tertiary/aromatic N) is 3. The summed E-state index contributed by atoms with van der Waals surface area (Å²) in [7, 11) is -8.52. The van der Waals surface area contributed by atoms with Crippen LogP contribution in [0.5, 0.6) is 5.88 Å². The molecule has 0 spiro atoms. The molecule has 0 atom stereocenters. The molecule has 1 amide bonds. The Bertz CT molecular complexity index is 2060. The number of anilines is 3. The Morgan fingerprint density at radius 2 is 1.43 bits per heavy atom. The molecular weight excluding hydrogens is 664 g/mol. The van der Waals surface area contributed by atoms with E-state index in [0.29, 0.717) is 17.1 Å². The highest BCUT2D eigenvalue weighted by atomic mass is 32.2. The maximum absolute atomic E-state index is 13.1.